The standard InChI is InChI=1S/C24H19F3O/c1-2-16-9-10-18(24(27)23(16)26)8-5-15-3-6-17(7-4-15)19-11-12-20(21(25)13-19)22-14-28-22/h3-13,22H,2,14H2,1H3/b8-5+. The maximum atomic E-state index is 14.2. The molecule has 1 fully saturated rings. The van der Waals surface area contributed by atoms with Gasteiger partial charge >= 0.3 is 0 Å². The summed E-state index contributed by atoms with van der Waals surface area (Å²) in [5.74, 6) is -1.89. The molecule has 0 bridgehead atoms. The molecule has 0 aromatic heterocycles. The van der Waals surface area contributed by atoms with Gasteiger partial charge in [0, 0.05) is 11.1 Å². The normalized spacial score (nSPS) is 15.9. The Labute approximate surface area is 162 Å². The molecule has 4 heteroatoms. The Morgan fingerprint density at radius 2 is 1.61 bits per heavy atom. The molecule has 3 aromatic carbocycles. The Bertz CT molecular complexity index is 1030. The molecule has 0 aliphatic carbocycles. The van der Waals surface area contributed by atoms with E-state index in [1.165, 1.54) is 6.07 Å². The third kappa shape index (κ3) is 3.73. The predicted octanol–water partition coefficient (Wildman–Crippen LogP) is 6.58. The van der Waals surface area contributed by atoms with Gasteiger partial charge in [0.25, 0.3) is 0 Å². The molecule has 1 aliphatic heterocycles. The average molecular weight is 380 g/mol. The molecule has 28 heavy (non-hydrogen) atoms. The van der Waals surface area contributed by atoms with Crippen molar-refractivity contribution in [3.8, 4) is 11.1 Å². The molecule has 142 valence electrons. The topological polar surface area (TPSA) is 12.5 Å². The Morgan fingerprint density at radius 3 is 2.25 bits per heavy atom. The van der Waals surface area contributed by atoms with Gasteiger partial charge in [0.2, 0.25) is 0 Å². The van der Waals surface area contributed by atoms with Crippen LogP contribution in [0.1, 0.15) is 35.3 Å². The Morgan fingerprint density at radius 1 is 0.893 bits per heavy atom. The summed E-state index contributed by atoms with van der Waals surface area (Å²) in [7, 11) is 0. The van der Waals surface area contributed by atoms with E-state index in [0.717, 1.165) is 16.7 Å². The highest BCUT2D eigenvalue weighted by Gasteiger charge is 2.27. The van der Waals surface area contributed by atoms with Gasteiger partial charge in [-0.3, -0.25) is 0 Å². The van der Waals surface area contributed by atoms with Crippen LogP contribution in [0.2, 0.25) is 0 Å². The minimum absolute atomic E-state index is 0.113. The van der Waals surface area contributed by atoms with Gasteiger partial charge in [-0.1, -0.05) is 67.6 Å². The number of halogens is 3. The van der Waals surface area contributed by atoms with Crippen LogP contribution in [0.25, 0.3) is 23.3 Å². The largest absolute Gasteiger partial charge is 0.368 e. The van der Waals surface area contributed by atoms with E-state index in [2.05, 4.69) is 0 Å². The van der Waals surface area contributed by atoms with Crippen molar-refractivity contribution < 1.29 is 17.9 Å². The molecule has 0 radical (unpaired) electrons. The minimum Gasteiger partial charge on any atom is -0.368 e. The van der Waals surface area contributed by atoms with Crippen LogP contribution in [0.5, 0.6) is 0 Å². The van der Waals surface area contributed by atoms with Gasteiger partial charge in [-0.05, 0) is 34.7 Å². The molecule has 0 N–H and O–H groups in total. The lowest BCUT2D eigenvalue weighted by Gasteiger charge is -2.06. The first-order chi connectivity index (χ1) is 13.6. The van der Waals surface area contributed by atoms with Gasteiger partial charge < -0.3 is 4.74 Å². The summed E-state index contributed by atoms with van der Waals surface area (Å²) in [5.41, 5.74) is 3.66. The van der Waals surface area contributed by atoms with E-state index < -0.39 is 11.6 Å². The van der Waals surface area contributed by atoms with Crippen LogP contribution in [-0.4, -0.2) is 6.61 Å². The van der Waals surface area contributed by atoms with Crippen molar-refractivity contribution >= 4 is 12.2 Å². The van der Waals surface area contributed by atoms with Crippen LogP contribution >= 0.6 is 0 Å². The van der Waals surface area contributed by atoms with Gasteiger partial charge in [0.1, 0.15) is 11.9 Å². The summed E-state index contributed by atoms with van der Waals surface area (Å²) in [5, 5.41) is 0. The zero-order valence-corrected chi connectivity index (χ0v) is 15.4. The second kappa shape index (κ2) is 7.64. The molecule has 4 rings (SSSR count). The van der Waals surface area contributed by atoms with Crippen LogP contribution in [0, 0.1) is 17.5 Å². The van der Waals surface area contributed by atoms with Crippen LogP contribution in [0.15, 0.2) is 54.6 Å². The maximum absolute atomic E-state index is 14.2. The maximum Gasteiger partial charge on any atom is 0.166 e. The van der Waals surface area contributed by atoms with Gasteiger partial charge in [-0.25, -0.2) is 13.2 Å². The van der Waals surface area contributed by atoms with Crippen molar-refractivity contribution in [1.29, 1.82) is 0 Å². The van der Waals surface area contributed by atoms with E-state index in [1.54, 1.807) is 37.3 Å². The fraction of sp³-hybridized carbons (Fsp3) is 0.167. The molecular formula is C24H19F3O. The Balaban J connectivity index is 1.53. The van der Waals surface area contributed by atoms with Crippen molar-refractivity contribution in [2.24, 2.45) is 0 Å². The van der Waals surface area contributed by atoms with Gasteiger partial charge in [-0.2, -0.15) is 0 Å². The molecule has 3 aromatic rings. The minimum atomic E-state index is -0.831. The van der Waals surface area contributed by atoms with Crippen LogP contribution in [-0.2, 0) is 11.2 Å². The summed E-state index contributed by atoms with van der Waals surface area (Å²) < 4.78 is 47.3. The fourth-order valence-corrected chi connectivity index (χ4v) is 3.17. The Hall–Kier alpha value is -2.85. The number of rotatable bonds is 5. The molecule has 1 atom stereocenters. The average Bonchev–Trinajstić information content (AvgIpc) is 3.55. The van der Waals surface area contributed by atoms with Crippen molar-refractivity contribution in [3.05, 3.63) is 94.3 Å². The van der Waals surface area contributed by atoms with E-state index in [-0.39, 0.29) is 17.5 Å². The van der Waals surface area contributed by atoms with E-state index >= 15 is 0 Å². The van der Waals surface area contributed by atoms with Gasteiger partial charge in [0.15, 0.2) is 11.6 Å². The second-order valence-electron chi connectivity index (χ2n) is 6.81. The molecule has 1 unspecified atom stereocenters. The number of hydrogen-bond acceptors (Lipinski definition) is 1. The van der Waals surface area contributed by atoms with Crippen LogP contribution < -0.4 is 0 Å². The predicted molar refractivity (Wildman–Crippen MR) is 105 cm³/mol. The van der Waals surface area contributed by atoms with Crippen LogP contribution in [0.3, 0.4) is 0 Å². The molecule has 0 saturated carbocycles. The smallest absolute Gasteiger partial charge is 0.166 e. The summed E-state index contributed by atoms with van der Waals surface area (Å²) in [4.78, 5) is 0. The lowest BCUT2D eigenvalue weighted by molar-refractivity contribution is 0.408. The summed E-state index contributed by atoms with van der Waals surface area (Å²) >= 11 is 0. The van der Waals surface area contributed by atoms with Gasteiger partial charge in [-0.15, -0.1) is 0 Å². The molecular weight excluding hydrogens is 361 g/mol. The highest BCUT2D eigenvalue weighted by atomic mass is 19.2. The highest BCUT2D eigenvalue weighted by Crippen LogP contribution is 2.33. The van der Waals surface area contributed by atoms with E-state index in [9.17, 15) is 13.2 Å². The molecule has 1 saturated heterocycles. The van der Waals surface area contributed by atoms with Gasteiger partial charge in [0.05, 0.1) is 6.61 Å². The molecule has 1 nitrogen and oxygen atoms in total. The van der Waals surface area contributed by atoms with E-state index in [4.69, 9.17) is 4.74 Å². The van der Waals surface area contributed by atoms with Crippen molar-refractivity contribution in [3.63, 3.8) is 0 Å². The first-order valence-corrected chi connectivity index (χ1v) is 9.23. The zero-order chi connectivity index (χ0) is 19.7. The van der Waals surface area contributed by atoms with Crippen molar-refractivity contribution in [1.82, 2.24) is 0 Å². The van der Waals surface area contributed by atoms with E-state index in [0.29, 0.717) is 24.2 Å². The number of epoxide rings is 1. The molecule has 0 amide bonds. The number of ether oxygens (including phenoxy) is 1. The molecule has 0 spiro atoms. The van der Waals surface area contributed by atoms with E-state index in [1.807, 2.05) is 30.3 Å². The first-order valence-electron chi connectivity index (χ1n) is 9.23. The lowest BCUT2D eigenvalue weighted by Crippen LogP contribution is -1.95. The SMILES string of the molecule is CCc1ccc(/C=C/c2ccc(-c3ccc(C4CO4)c(F)c3)cc2)c(F)c1F. The first kappa shape index (κ1) is 18.5. The third-order valence-electron chi connectivity index (χ3n) is 4.95. The number of hydrogen-bond donors (Lipinski definition) is 0. The monoisotopic (exact) mass is 380 g/mol. The zero-order valence-electron chi connectivity index (χ0n) is 15.4. The fourth-order valence-electron chi connectivity index (χ4n) is 3.17. The number of benzene rings is 3. The van der Waals surface area contributed by atoms with Crippen molar-refractivity contribution in [2.75, 3.05) is 6.61 Å². The van der Waals surface area contributed by atoms with Crippen LogP contribution in [0.4, 0.5) is 13.2 Å². The highest BCUT2D eigenvalue weighted by molar-refractivity contribution is 5.72. The lowest BCUT2D eigenvalue weighted by atomic mass is 10.0. The third-order valence-corrected chi connectivity index (χ3v) is 4.95. The summed E-state index contributed by atoms with van der Waals surface area (Å²) in [6.45, 7) is 2.36. The summed E-state index contributed by atoms with van der Waals surface area (Å²) in [6, 6.07) is 15.8. The van der Waals surface area contributed by atoms with Crippen molar-refractivity contribution in [2.45, 2.75) is 19.4 Å². The molecule has 1 aliphatic rings. The second-order valence-corrected chi connectivity index (χ2v) is 6.81. The number of aryl methyl sites for hydroxylation is 1. The molecule has 1 heterocycles. The Kier molecular flexibility index (Phi) is 5.05. The summed E-state index contributed by atoms with van der Waals surface area (Å²) in [6.07, 6.45) is 3.61. The quantitative estimate of drug-likeness (QED) is 0.360.